The second kappa shape index (κ2) is 7.10. The van der Waals surface area contributed by atoms with Crippen molar-refractivity contribution in [2.75, 3.05) is 6.61 Å². The Morgan fingerprint density at radius 3 is 2.33 bits per heavy atom. The second-order valence-electron chi connectivity index (χ2n) is 3.64. The van der Waals surface area contributed by atoms with Crippen LogP contribution in [-0.2, 0) is 6.42 Å². The van der Waals surface area contributed by atoms with Crippen LogP contribution in [0.4, 0.5) is 0 Å². The Hall–Kier alpha value is -0.240. The Morgan fingerprint density at radius 2 is 1.67 bits per heavy atom. The molecule has 3 heteroatoms. The van der Waals surface area contributed by atoms with Gasteiger partial charge in [-0.25, -0.2) is 0 Å². The van der Waals surface area contributed by atoms with E-state index in [9.17, 15) is 0 Å². The number of rotatable bonds is 6. The highest BCUT2D eigenvalue weighted by Gasteiger charge is 1.99. The Morgan fingerprint density at radius 1 is 0.933 bits per heavy atom. The zero-order valence-corrected chi connectivity index (χ0v) is 10.2. The van der Waals surface area contributed by atoms with Crippen molar-refractivity contribution < 1.29 is 5.11 Å². The average molecular weight is 247 g/mol. The van der Waals surface area contributed by atoms with Crippen molar-refractivity contribution in [3.05, 3.63) is 33.8 Å². The number of unbranched alkanes of at least 4 members (excludes halogenated alkanes) is 3. The van der Waals surface area contributed by atoms with Crippen molar-refractivity contribution >= 4 is 23.2 Å². The lowest BCUT2D eigenvalue weighted by atomic mass is 10.1. The quantitative estimate of drug-likeness (QED) is 0.750. The van der Waals surface area contributed by atoms with E-state index in [-0.39, 0.29) is 0 Å². The average Bonchev–Trinajstić information content (AvgIpc) is 2.23. The number of aliphatic hydroxyl groups is 1. The fourth-order valence-electron chi connectivity index (χ4n) is 1.49. The summed E-state index contributed by atoms with van der Waals surface area (Å²) in [5, 5.41) is 9.86. The number of aliphatic hydroxyl groups excluding tert-OH is 1. The lowest BCUT2D eigenvalue weighted by molar-refractivity contribution is 0.282. The van der Waals surface area contributed by atoms with Crippen LogP contribution in [-0.4, -0.2) is 11.7 Å². The molecule has 0 aliphatic heterocycles. The van der Waals surface area contributed by atoms with Crippen LogP contribution < -0.4 is 0 Å². The van der Waals surface area contributed by atoms with Gasteiger partial charge in [-0.1, -0.05) is 42.1 Å². The van der Waals surface area contributed by atoms with Gasteiger partial charge in [0.25, 0.3) is 0 Å². The minimum absolute atomic E-state index is 0.298. The fourth-order valence-corrected chi connectivity index (χ4v) is 1.81. The minimum atomic E-state index is 0.298. The van der Waals surface area contributed by atoms with Gasteiger partial charge in [0.15, 0.2) is 0 Å². The van der Waals surface area contributed by atoms with E-state index < -0.39 is 0 Å². The summed E-state index contributed by atoms with van der Waals surface area (Å²) in [6.07, 6.45) is 5.32. The van der Waals surface area contributed by atoms with E-state index in [1.54, 1.807) is 0 Å². The van der Waals surface area contributed by atoms with Crippen molar-refractivity contribution in [1.82, 2.24) is 0 Å². The maximum absolute atomic E-state index is 8.62. The maximum Gasteiger partial charge on any atom is 0.0595 e. The summed E-state index contributed by atoms with van der Waals surface area (Å²) in [7, 11) is 0. The first kappa shape index (κ1) is 12.8. The molecule has 0 spiro atoms. The zero-order chi connectivity index (χ0) is 11.1. The van der Waals surface area contributed by atoms with Crippen molar-refractivity contribution in [3.63, 3.8) is 0 Å². The van der Waals surface area contributed by atoms with Crippen molar-refractivity contribution in [3.8, 4) is 0 Å². The first-order chi connectivity index (χ1) is 7.24. The molecule has 1 rings (SSSR count). The fraction of sp³-hybridized carbons (Fsp3) is 0.500. The van der Waals surface area contributed by atoms with E-state index in [1.165, 1.54) is 5.56 Å². The third kappa shape index (κ3) is 4.87. The summed E-state index contributed by atoms with van der Waals surface area (Å²) in [5.41, 5.74) is 1.23. The smallest absolute Gasteiger partial charge is 0.0595 e. The zero-order valence-electron chi connectivity index (χ0n) is 8.68. The number of halogens is 2. The standard InChI is InChI=1S/C12H16Cl2O/c13-11-7-6-10(9-12(11)14)5-3-1-2-4-8-15/h6-7,9,15H,1-5,8H2. The Kier molecular flexibility index (Phi) is 6.07. The Labute approximate surface area is 101 Å². The summed E-state index contributed by atoms with van der Waals surface area (Å²) >= 11 is 11.7. The molecular formula is C12H16Cl2O. The minimum Gasteiger partial charge on any atom is -0.396 e. The van der Waals surface area contributed by atoms with E-state index >= 15 is 0 Å². The van der Waals surface area contributed by atoms with E-state index in [4.69, 9.17) is 28.3 Å². The molecule has 1 aromatic carbocycles. The predicted molar refractivity (Wildman–Crippen MR) is 65.7 cm³/mol. The van der Waals surface area contributed by atoms with Gasteiger partial charge in [0.1, 0.15) is 0 Å². The summed E-state index contributed by atoms with van der Waals surface area (Å²) in [6, 6.07) is 5.78. The van der Waals surface area contributed by atoms with Crippen LogP contribution in [0.1, 0.15) is 31.2 Å². The van der Waals surface area contributed by atoms with E-state index in [1.807, 2.05) is 18.2 Å². The molecule has 0 heterocycles. The van der Waals surface area contributed by atoms with Crippen molar-refractivity contribution in [1.29, 1.82) is 0 Å². The largest absolute Gasteiger partial charge is 0.396 e. The molecule has 0 unspecified atom stereocenters. The van der Waals surface area contributed by atoms with Crippen molar-refractivity contribution in [2.24, 2.45) is 0 Å². The summed E-state index contributed by atoms with van der Waals surface area (Å²) in [6.45, 7) is 0.298. The molecule has 1 nitrogen and oxygen atoms in total. The van der Waals surface area contributed by atoms with Crippen LogP contribution in [0.25, 0.3) is 0 Å². The summed E-state index contributed by atoms with van der Waals surface area (Å²) in [5.74, 6) is 0. The number of benzene rings is 1. The van der Waals surface area contributed by atoms with Gasteiger partial charge in [-0.05, 0) is 37.0 Å². The Balaban J connectivity index is 2.28. The molecule has 0 bridgehead atoms. The molecule has 0 aliphatic carbocycles. The van der Waals surface area contributed by atoms with Gasteiger partial charge in [0, 0.05) is 6.61 Å². The Bertz CT molecular complexity index is 300. The van der Waals surface area contributed by atoms with Crippen LogP contribution in [0, 0.1) is 0 Å². The van der Waals surface area contributed by atoms with Gasteiger partial charge in [-0.15, -0.1) is 0 Å². The molecule has 15 heavy (non-hydrogen) atoms. The topological polar surface area (TPSA) is 20.2 Å². The summed E-state index contributed by atoms with van der Waals surface area (Å²) < 4.78 is 0. The molecule has 0 aromatic heterocycles. The van der Waals surface area contributed by atoms with Crippen molar-refractivity contribution in [2.45, 2.75) is 32.1 Å². The molecule has 0 amide bonds. The van der Waals surface area contributed by atoms with Crippen LogP contribution in [0.5, 0.6) is 0 Å². The molecule has 0 aliphatic rings. The highest BCUT2D eigenvalue weighted by atomic mass is 35.5. The molecule has 1 N–H and O–H groups in total. The van der Waals surface area contributed by atoms with Crippen LogP contribution in [0.15, 0.2) is 18.2 Å². The SMILES string of the molecule is OCCCCCCc1ccc(Cl)c(Cl)c1. The van der Waals surface area contributed by atoms with E-state index in [0.29, 0.717) is 16.7 Å². The third-order valence-corrected chi connectivity index (χ3v) is 3.10. The van der Waals surface area contributed by atoms with Gasteiger partial charge in [-0.2, -0.15) is 0 Å². The third-order valence-electron chi connectivity index (χ3n) is 2.36. The molecular weight excluding hydrogens is 231 g/mol. The lowest BCUT2D eigenvalue weighted by Gasteiger charge is -2.03. The first-order valence-electron chi connectivity index (χ1n) is 5.29. The molecule has 0 atom stereocenters. The van der Waals surface area contributed by atoms with E-state index in [0.717, 1.165) is 32.1 Å². The monoisotopic (exact) mass is 246 g/mol. The number of hydrogen-bond acceptors (Lipinski definition) is 1. The number of aryl methyl sites for hydroxylation is 1. The van der Waals surface area contributed by atoms with Crippen LogP contribution in [0.3, 0.4) is 0 Å². The first-order valence-corrected chi connectivity index (χ1v) is 6.04. The lowest BCUT2D eigenvalue weighted by Crippen LogP contribution is -1.88. The van der Waals surface area contributed by atoms with Gasteiger partial charge >= 0.3 is 0 Å². The predicted octanol–water partition coefficient (Wildman–Crippen LogP) is 4.09. The molecule has 1 aromatic rings. The van der Waals surface area contributed by atoms with Gasteiger partial charge in [0.2, 0.25) is 0 Å². The molecule has 84 valence electrons. The van der Waals surface area contributed by atoms with Gasteiger partial charge in [-0.3, -0.25) is 0 Å². The van der Waals surface area contributed by atoms with Crippen LogP contribution in [0.2, 0.25) is 10.0 Å². The van der Waals surface area contributed by atoms with Crippen LogP contribution >= 0.6 is 23.2 Å². The summed E-state index contributed by atoms with van der Waals surface area (Å²) in [4.78, 5) is 0. The molecule has 0 saturated heterocycles. The second-order valence-corrected chi connectivity index (χ2v) is 4.45. The van der Waals surface area contributed by atoms with Gasteiger partial charge < -0.3 is 5.11 Å². The highest BCUT2D eigenvalue weighted by molar-refractivity contribution is 6.42. The molecule has 0 fully saturated rings. The molecule has 0 radical (unpaired) electrons. The molecule has 0 saturated carbocycles. The normalized spacial score (nSPS) is 10.6. The van der Waals surface area contributed by atoms with Gasteiger partial charge in [0.05, 0.1) is 10.0 Å². The highest BCUT2D eigenvalue weighted by Crippen LogP contribution is 2.23. The van der Waals surface area contributed by atoms with E-state index in [2.05, 4.69) is 0 Å². The number of hydrogen-bond donors (Lipinski definition) is 1. The maximum atomic E-state index is 8.62.